The van der Waals surface area contributed by atoms with E-state index in [9.17, 15) is 4.79 Å². The van der Waals surface area contributed by atoms with E-state index in [1.165, 1.54) is 0 Å². The van der Waals surface area contributed by atoms with Gasteiger partial charge in [0.25, 0.3) is 0 Å². The van der Waals surface area contributed by atoms with E-state index >= 15 is 0 Å². The van der Waals surface area contributed by atoms with E-state index in [1.807, 2.05) is 30.3 Å². The van der Waals surface area contributed by atoms with Crippen LogP contribution in [0.2, 0.25) is 0 Å². The Kier molecular flexibility index (Phi) is 4.50. The molecule has 0 radical (unpaired) electrons. The zero-order valence-electron chi connectivity index (χ0n) is 12.3. The van der Waals surface area contributed by atoms with Gasteiger partial charge in [0.05, 0.1) is 5.56 Å². The minimum Gasteiger partial charge on any atom is -0.450 e. The fourth-order valence-electron chi connectivity index (χ4n) is 2.86. The Labute approximate surface area is 136 Å². The number of nitrogens with one attached hydrogen (secondary N) is 1. The van der Waals surface area contributed by atoms with Gasteiger partial charge in [-0.05, 0) is 42.9 Å². The lowest BCUT2D eigenvalue weighted by Crippen LogP contribution is -2.43. The summed E-state index contributed by atoms with van der Waals surface area (Å²) >= 11 is 4.24. The van der Waals surface area contributed by atoms with Crippen LogP contribution in [0.5, 0.6) is 0 Å². The first-order valence-electron chi connectivity index (χ1n) is 7.48. The molecule has 3 rings (SSSR count). The highest BCUT2D eigenvalue weighted by atomic mass is 32.1. The molecule has 0 aliphatic carbocycles. The molecule has 22 heavy (non-hydrogen) atoms. The molecule has 0 spiro atoms. The van der Waals surface area contributed by atoms with E-state index in [1.54, 1.807) is 24.3 Å². The maximum Gasteiger partial charge on any atom is 0.339 e. The Morgan fingerprint density at radius 3 is 2.27 bits per heavy atom. The van der Waals surface area contributed by atoms with Gasteiger partial charge < -0.3 is 10.1 Å². The number of esters is 1. The molecule has 0 saturated carbocycles. The molecule has 0 amide bonds. The largest absolute Gasteiger partial charge is 0.450 e. The SMILES string of the molecule is O=C(OC1(c2ccccc2)CCNCC1)c1ccc(S)cc1. The summed E-state index contributed by atoms with van der Waals surface area (Å²) < 4.78 is 5.99. The Morgan fingerprint density at radius 2 is 1.64 bits per heavy atom. The third kappa shape index (κ3) is 3.18. The van der Waals surface area contributed by atoms with Gasteiger partial charge in [-0.3, -0.25) is 0 Å². The Hall–Kier alpha value is -1.78. The minimum absolute atomic E-state index is 0.279. The van der Waals surface area contributed by atoms with E-state index in [0.29, 0.717) is 5.56 Å². The molecule has 114 valence electrons. The number of benzene rings is 2. The van der Waals surface area contributed by atoms with E-state index in [4.69, 9.17) is 4.74 Å². The average molecular weight is 313 g/mol. The molecule has 2 aromatic rings. The fraction of sp³-hybridized carbons (Fsp3) is 0.278. The van der Waals surface area contributed by atoms with Crippen LogP contribution >= 0.6 is 12.6 Å². The maximum absolute atomic E-state index is 12.5. The van der Waals surface area contributed by atoms with Crippen molar-refractivity contribution in [2.45, 2.75) is 23.3 Å². The Morgan fingerprint density at radius 1 is 1.00 bits per heavy atom. The number of hydrogen-bond acceptors (Lipinski definition) is 4. The van der Waals surface area contributed by atoms with Crippen molar-refractivity contribution in [3.8, 4) is 0 Å². The van der Waals surface area contributed by atoms with Crippen molar-refractivity contribution in [2.24, 2.45) is 0 Å². The average Bonchev–Trinajstić information content (AvgIpc) is 2.57. The maximum atomic E-state index is 12.5. The number of ether oxygens (including phenoxy) is 1. The molecule has 2 aromatic carbocycles. The molecule has 0 aromatic heterocycles. The molecule has 4 heteroatoms. The van der Waals surface area contributed by atoms with Crippen LogP contribution in [0.15, 0.2) is 59.5 Å². The van der Waals surface area contributed by atoms with E-state index in [0.717, 1.165) is 36.4 Å². The normalized spacial score (nSPS) is 17.0. The first-order chi connectivity index (χ1) is 10.7. The molecular weight excluding hydrogens is 294 g/mol. The fourth-order valence-corrected chi connectivity index (χ4v) is 3.01. The molecule has 1 aliphatic rings. The second-order valence-corrected chi connectivity index (χ2v) is 6.06. The molecule has 1 heterocycles. The molecular formula is C18H19NO2S. The highest BCUT2D eigenvalue weighted by Gasteiger charge is 2.37. The summed E-state index contributed by atoms with van der Waals surface area (Å²) in [4.78, 5) is 13.4. The van der Waals surface area contributed by atoms with Crippen LogP contribution in [0.4, 0.5) is 0 Å². The van der Waals surface area contributed by atoms with Crippen molar-refractivity contribution in [2.75, 3.05) is 13.1 Å². The van der Waals surface area contributed by atoms with Crippen LogP contribution in [0, 0.1) is 0 Å². The lowest BCUT2D eigenvalue weighted by atomic mass is 9.84. The molecule has 1 saturated heterocycles. The predicted octanol–water partition coefficient (Wildman–Crippen LogP) is 3.41. The molecule has 1 aliphatic heterocycles. The van der Waals surface area contributed by atoms with E-state index in [-0.39, 0.29) is 5.97 Å². The molecule has 0 atom stereocenters. The van der Waals surface area contributed by atoms with Crippen LogP contribution in [-0.4, -0.2) is 19.1 Å². The van der Waals surface area contributed by atoms with Crippen LogP contribution in [-0.2, 0) is 10.3 Å². The third-order valence-corrected chi connectivity index (χ3v) is 4.40. The van der Waals surface area contributed by atoms with Crippen LogP contribution in [0.1, 0.15) is 28.8 Å². The first-order valence-corrected chi connectivity index (χ1v) is 7.93. The highest BCUT2D eigenvalue weighted by molar-refractivity contribution is 7.80. The number of carbonyl (C=O) groups is 1. The van der Waals surface area contributed by atoms with Crippen LogP contribution in [0.25, 0.3) is 0 Å². The van der Waals surface area contributed by atoms with Crippen molar-refractivity contribution < 1.29 is 9.53 Å². The van der Waals surface area contributed by atoms with Gasteiger partial charge >= 0.3 is 5.97 Å². The summed E-state index contributed by atoms with van der Waals surface area (Å²) in [5.41, 5.74) is 1.09. The van der Waals surface area contributed by atoms with Crippen molar-refractivity contribution >= 4 is 18.6 Å². The molecule has 1 N–H and O–H groups in total. The van der Waals surface area contributed by atoms with Crippen LogP contribution < -0.4 is 5.32 Å². The molecule has 0 unspecified atom stereocenters. The van der Waals surface area contributed by atoms with Gasteiger partial charge in [0.2, 0.25) is 0 Å². The van der Waals surface area contributed by atoms with Gasteiger partial charge in [-0.1, -0.05) is 30.3 Å². The lowest BCUT2D eigenvalue weighted by molar-refractivity contribution is -0.0378. The minimum atomic E-state index is -0.538. The third-order valence-electron chi connectivity index (χ3n) is 4.10. The highest BCUT2D eigenvalue weighted by Crippen LogP contribution is 2.35. The number of hydrogen-bond donors (Lipinski definition) is 2. The second kappa shape index (κ2) is 6.55. The molecule has 3 nitrogen and oxygen atoms in total. The van der Waals surface area contributed by atoms with Gasteiger partial charge in [-0.25, -0.2) is 4.79 Å². The summed E-state index contributed by atoms with van der Waals surface area (Å²) in [7, 11) is 0. The zero-order chi connectivity index (χ0) is 15.4. The van der Waals surface area contributed by atoms with Gasteiger partial charge in [-0.2, -0.15) is 0 Å². The summed E-state index contributed by atoms with van der Waals surface area (Å²) in [6, 6.07) is 17.1. The van der Waals surface area contributed by atoms with Crippen molar-refractivity contribution in [1.82, 2.24) is 5.32 Å². The lowest BCUT2D eigenvalue weighted by Gasteiger charge is -2.37. The standard InChI is InChI=1S/C18H19NO2S/c20-17(14-6-8-16(22)9-7-14)21-18(10-12-19-13-11-18)15-4-2-1-3-5-15/h1-9,19,22H,10-13H2. The van der Waals surface area contributed by atoms with Gasteiger partial charge in [0.15, 0.2) is 0 Å². The smallest absolute Gasteiger partial charge is 0.339 e. The van der Waals surface area contributed by atoms with Crippen LogP contribution in [0.3, 0.4) is 0 Å². The summed E-state index contributed by atoms with van der Waals surface area (Å²) in [5.74, 6) is -0.279. The number of thiol groups is 1. The van der Waals surface area contributed by atoms with E-state index < -0.39 is 5.60 Å². The second-order valence-electron chi connectivity index (χ2n) is 5.55. The number of rotatable bonds is 3. The van der Waals surface area contributed by atoms with Gasteiger partial charge in [0, 0.05) is 17.7 Å². The topological polar surface area (TPSA) is 38.3 Å². The van der Waals surface area contributed by atoms with Gasteiger partial charge in [-0.15, -0.1) is 12.6 Å². The molecule has 0 bridgehead atoms. The first kappa shape index (κ1) is 15.1. The Bertz CT molecular complexity index is 634. The number of piperidine rings is 1. The summed E-state index contributed by atoms with van der Waals surface area (Å²) in [6.07, 6.45) is 1.57. The summed E-state index contributed by atoms with van der Waals surface area (Å²) in [5, 5.41) is 3.33. The molecule has 1 fully saturated rings. The van der Waals surface area contributed by atoms with E-state index in [2.05, 4.69) is 17.9 Å². The predicted molar refractivity (Wildman–Crippen MR) is 89.3 cm³/mol. The van der Waals surface area contributed by atoms with Crippen molar-refractivity contribution in [3.63, 3.8) is 0 Å². The number of carbonyl (C=O) groups excluding carboxylic acids is 1. The van der Waals surface area contributed by atoms with Gasteiger partial charge in [0.1, 0.15) is 5.60 Å². The monoisotopic (exact) mass is 313 g/mol. The Balaban J connectivity index is 1.87. The van der Waals surface area contributed by atoms with Crippen molar-refractivity contribution in [1.29, 1.82) is 0 Å². The zero-order valence-corrected chi connectivity index (χ0v) is 13.2. The van der Waals surface area contributed by atoms with Crippen molar-refractivity contribution in [3.05, 3.63) is 65.7 Å². The quantitative estimate of drug-likeness (QED) is 0.674. The summed E-state index contributed by atoms with van der Waals surface area (Å²) in [6.45, 7) is 1.69.